The Kier molecular flexibility index (Phi) is 3.83. The number of nitrogens with zero attached hydrogens (tertiary/aromatic N) is 3. The number of carbonyl (C=O) groups is 1. The summed E-state index contributed by atoms with van der Waals surface area (Å²) in [5, 5.41) is 10.7. The van der Waals surface area contributed by atoms with Crippen LogP contribution in [0.1, 0.15) is 15.4 Å². The van der Waals surface area contributed by atoms with Gasteiger partial charge in [-0.3, -0.25) is 9.48 Å². The lowest BCUT2D eigenvalue weighted by Gasteiger charge is -2.02. The summed E-state index contributed by atoms with van der Waals surface area (Å²) in [6, 6.07) is 7.47. The largest absolute Gasteiger partial charge is 0.355 e. The lowest BCUT2D eigenvalue weighted by Crippen LogP contribution is -2.27. The molecule has 21 heavy (non-hydrogen) atoms. The average molecular weight is 302 g/mol. The highest BCUT2D eigenvalue weighted by atomic mass is 32.1. The van der Waals surface area contributed by atoms with E-state index in [2.05, 4.69) is 15.6 Å². The van der Waals surface area contributed by atoms with Crippen molar-refractivity contribution in [2.24, 2.45) is 0 Å². The summed E-state index contributed by atoms with van der Waals surface area (Å²) in [6.07, 6.45) is 3.55. The maximum atomic E-state index is 12.0. The number of hydrogen-bond donors (Lipinski definition) is 1. The first kappa shape index (κ1) is 13.6. The third-order valence-corrected chi connectivity index (χ3v) is 3.93. The van der Waals surface area contributed by atoms with E-state index in [4.69, 9.17) is 4.52 Å². The van der Waals surface area contributed by atoms with E-state index in [0.29, 0.717) is 18.8 Å². The summed E-state index contributed by atoms with van der Waals surface area (Å²) in [5.41, 5.74) is 0.288. The molecule has 0 radical (unpaired) electrons. The molecule has 0 aliphatic rings. The minimum absolute atomic E-state index is 0.245. The van der Waals surface area contributed by atoms with Gasteiger partial charge in [0.25, 0.3) is 5.91 Å². The Morgan fingerprint density at radius 1 is 1.48 bits per heavy atom. The van der Waals surface area contributed by atoms with E-state index in [0.717, 1.165) is 4.88 Å². The number of carbonyl (C=O) groups excluding carboxylic acids is 1. The van der Waals surface area contributed by atoms with E-state index in [-0.39, 0.29) is 11.6 Å². The van der Waals surface area contributed by atoms with Crippen molar-refractivity contribution in [1.82, 2.24) is 20.3 Å². The van der Waals surface area contributed by atoms with Crippen LogP contribution in [0.2, 0.25) is 0 Å². The molecule has 1 N–H and O–H groups in total. The van der Waals surface area contributed by atoms with Gasteiger partial charge in [0.1, 0.15) is 0 Å². The molecule has 0 fully saturated rings. The van der Waals surface area contributed by atoms with Gasteiger partial charge in [-0.05, 0) is 25.1 Å². The number of aromatic nitrogens is 3. The lowest BCUT2D eigenvalue weighted by molar-refractivity contribution is 0.0943. The van der Waals surface area contributed by atoms with Crippen LogP contribution in [0, 0.1) is 6.92 Å². The molecule has 1 amide bonds. The van der Waals surface area contributed by atoms with Gasteiger partial charge in [-0.1, -0.05) is 5.16 Å². The van der Waals surface area contributed by atoms with Crippen molar-refractivity contribution < 1.29 is 9.32 Å². The van der Waals surface area contributed by atoms with Crippen molar-refractivity contribution in [2.75, 3.05) is 6.54 Å². The van der Waals surface area contributed by atoms with Crippen LogP contribution in [-0.4, -0.2) is 27.4 Å². The summed E-state index contributed by atoms with van der Waals surface area (Å²) < 4.78 is 6.97. The Bertz CT molecular complexity index is 730. The monoisotopic (exact) mass is 302 g/mol. The van der Waals surface area contributed by atoms with Crippen LogP contribution in [0.3, 0.4) is 0 Å². The zero-order chi connectivity index (χ0) is 14.7. The molecule has 3 aromatic rings. The molecule has 3 rings (SSSR count). The third-order valence-electron chi connectivity index (χ3n) is 2.91. The fourth-order valence-electron chi connectivity index (χ4n) is 1.87. The molecule has 0 atom stereocenters. The molecule has 0 unspecified atom stereocenters. The molecule has 0 saturated heterocycles. The highest BCUT2D eigenvalue weighted by molar-refractivity contribution is 7.15. The second-order valence-electron chi connectivity index (χ2n) is 4.51. The van der Waals surface area contributed by atoms with Crippen LogP contribution in [0.15, 0.2) is 41.2 Å². The summed E-state index contributed by atoms with van der Waals surface area (Å²) in [6.45, 7) is 3.13. The molecule has 0 spiro atoms. The molecule has 0 aliphatic carbocycles. The predicted octanol–water partition coefficient (Wildman–Crippen LogP) is 2.34. The van der Waals surface area contributed by atoms with Crippen molar-refractivity contribution in [3.05, 3.63) is 47.2 Å². The number of thiophene rings is 1. The highest BCUT2D eigenvalue weighted by Crippen LogP contribution is 2.27. The van der Waals surface area contributed by atoms with Gasteiger partial charge in [0.2, 0.25) is 0 Å². The Labute approximate surface area is 125 Å². The zero-order valence-electron chi connectivity index (χ0n) is 11.4. The topological polar surface area (TPSA) is 73.0 Å². The fraction of sp³-hybridized carbons (Fsp3) is 0.214. The number of rotatable bonds is 5. The molecule has 3 heterocycles. The Balaban J connectivity index is 1.59. The van der Waals surface area contributed by atoms with Gasteiger partial charge in [0.15, 0.2) is 11.5 Å². The minimum Gasteiger partial charge on any atom is -0.355 e. The standard InChI is InChI=1S/C14H14N4O2S/c1-10-3-4-13(21-10)12-9-11(17-20-12)14(19)15-6-8-18-7-2-5-16-18/h2-5,7,9H,6,8H2,1H3,(H,15,19). The molecular formula is C14H14N4O2S. The molecule has 0 aromatic carbocycles. The second kappa shape index (κ2) is 5.92. The molecule has 108 valence electrons. The first-order chi connectivity index (χ1) is 10.2. The van der Waals surface area contributed by atoms with Crippen molar-refractivity contribution in [2.45, 2.75) is 13.5 Å². The van der Waals surface area contributed by atoms with E-state index in [9.17, 15) is 4.79 Å². The summed E-state index contributed by atoms with van der Waals surface area (Å²) in [4.78, 5) is 14.1. The smallest absolute Gasteiger partial charge is 0.273 e. The van der Waals surface area contributed by atoms with Crippen LogP contribution in [0.4, 0.5) is 0 Å². The molecule has 0 saturated carbocycles. The van der Waals surface area contributed by atoms with Gasteiger partial charge in [0.05, 0.1) is 11.4 Å². The van der Waals surface area contributed by atoms with Gasteiger partial charge in [-0.2, -0.15) is 5.10 Å². The van der Waals surface area contributed by atoms with Crippen molar-refractivity contribution in [3.63, 3.8) is 0 Å². The van der Waals surface area contributed by atoms with Gasteiger partial charge in [-0.15, -0.1) is 11.3 Å². The first-order valence-electron chi connectivity index (χ1n) is 6.51. The highest BCUT2D eigenvalue weighted by Gasteiger charge is 2.14. The van der Waals surface area contributed by atoms with Crippen LogP contribution < -0.4 is 5.32 Å². The SMILES string of the molecule is Cc1ccc(-c2cc(C(=O)NCCn3cccn3)no2)s1. The van der Waals surface area contributed by atoms with Gasteiger partial charge in [0, 0.05) is 29.9 Å². The Hall–Kier alpha value is -2.41. The molecule has 0 aliphatic heterocycles. The number of amides is 1. The number of aryl methyl sites for hydroxylation is 1. The van der Waals surface area contributed by atoms with Crippen LogP contribution in [-0.2, 0) is 6.54 Å². The average Bonchev–Trinajstić information content (AvgIpc) is 3.19. The quantitative estimate of drug-likeness (QED) is 0.785. The Morgan fingerprint density at radius 2 is 2.38 bits per heavy atom. The van der Waals surface area contributed by atoms with E-state index in [1.54, 1.807) is 28.3 Å². The lowest BCUT2D eigenvalue weighted by atomic mass is 10.3. The maximum absolute atomic E-state index is 12.0. The van der Waals surface area contributed by atoms with Crippen molar-refractivity contribution >= 4 is 17.2 Å². The number of hydrogen-bond acceptors (Lipinski definition) is 5. The summed E-state index contributed by atoms with van der Waals surface area (Å²) >= 11 is 1.60. The van der Waals surface area contributed by atoms with Crippen LogP contribution in [0.5, 0.6) is 0 Å². The summed E-state index contributed by atoms with van der Waals surface area (Å²) in [5.74, 6) is 0.371. The predicted molar refractivity (Wildman–Crippen MR) is 79.1 cm³/mol. The van der Waals surface area contributed by atoms with E-state index in [1.165, 1.54) is 4.88 Å². The van der Waals surface area contributed by atoms with Crippen LogP contribution in [0.25, 0.3) is 10.6 Å². The first-order valence-corrected chi connectivity index (χ1v) is 7.33. The fourth-order valence-corrected chi connectivity index (χ4v) is 2.69. The molecule has 7 heteroatoms. The van der Waals surface area contributed by atoms with E-state index in [1.807, 2.05) is 31.3 Å². The maximum Gasteiger partial charge on any atom is 0.273 e. The second-order valence-corrected chi connectivity index (χ2v) is 5.80. The van der Waals surface area contributed by atoms with Gasteiger partial charge >= 0.3 is 0 Å². The third kappa shape index (κ3) is 3.19. The van der Waals surface area contributed by atoms with Gasteiger partial charge < -0.3 is 9.84 Å². The molecular weight excluding hydrogens is 288 g/mol. The minimum atomic E-state index is -0.245. The molecule has 0 bridgehead atoms. The Morgan fingerprint density at radius 3 is 3.10 bits per heavy atom. The number of nitrogens with one attached hydrogen (secondary N) is 1. The van der Waals surface area contributed by atoms with E-state index < -0.39 is 0 Å². The van der Waals surface area contributed by atoms with Crippen molar-refractivity contribution in [1.29, 1.82) is 0 Å². The van der Waals surface area contributed by atoms with Crippen molar-refractivity contribution in [3.8, 4) is 10.6 Å². The summed E-state index contributed by atoms with van der Waals surface area (Å²) in [7, 11) is 0. The van der Waals surface area contributed by atoms with Crippen LogP contribution >= 0.6 is 11.3 Å². The normalized spacial score (nSPS) is 10.7. The van der Waals surface area contributed by atoms with Gasteiger partial charge in [-0.25, -0.2) is 0 Å². The van der Waals surface area contributed by atoms with E-state index >= 15 is 0 Å². The molecule has 6 nitrogen and oxygen atoms in total. The zero-order valence-corrected chi connectivity index (χ0v) is 12.3. The molecule has 3 aromatic heterocycles.